The smallest absolute Gasteiger partial charge is 0.261 e. The van der Waals surface area contributed by atoms with Gasteiger partial charge in [-0.2, -0.15) is 0 Å². The molecule has 0 fully saturated rings. The quantitative estimate of drug-likeness (QED) is 0.161. The van der Waals surface area contributed by atoms with Crippen molar-refractivity contribution in [1.82, 2.24) is 0 Å². The minimum absolute atomic E-state index is 0.0776. The van der Waals surface area contributed by atoms with Gasteiger partial charge in [-0.1, -0.05) is 125 Å². The number of para-hydroxylation sites is 4. The number of nitrogens with zero attached hydrogens (tertiary/aromatic N) is 4. The standard InChI is InChI=1S/C64H42B2N4O2/c1-63(2)39-21-11-13-23-43(39)69-47-27-15-25-45-53(47)65-55-49(31-29-41(63)61(55)69)71-51-33-38-37(59(57(51)65)67(45)35-17-7-5-8-18-35)34-52-58-60(38)68(36-19-9-6-10-20-36)46-26-16-28-48-54(46)66(58)56-50(72-52)32-30-42-62(56)70(48)44-24-14-12-22-40(44)64(42,3)4/h5-34H,1-4H3. The van der Waals surface area contributed by atoms with Gasteiger partial charge >= 0.3 is 0 Å². The number of anilines is 12. The number of hydrogen-bond acceptors (Lipinski definition) is 6. The molecule has 8 heteroatoms. The molecule has 0 bridgehead atoms. The van der Waals surface area contributed by atoms with Crippen molar-refractivity contribution in [3.63, 3.8) is 0 Å². The number of fused-ring (bicyclic) bond motifs is 9. The summed E-state index contributed by atoms with van der Waals surface area (Å²) in [7, 11) is 0. The predicted molar refractivity (Wildman–Crippen MR) is 296 cm³/mol. The first-order valence-electron chi connectivity index (χ1n) is 25.4. The van der Waals surface area contributed by atoms with Crippen LogP contribution < -0.4 is 61.9 Å². The van der Waals surface area contributed by atoms with E-state index in [9.17, 15) is 0 Å². The van der Waals surface area contributed by atoms with Crippen molar-refractivity contribution in [2.24, 2.45) is 0 Å². The van der Waals surface area contributed by atoms with E-state index in [2.05, 4.69) is 229 Å². The normalized spacial score (nSPS) is 16.6. The summed E-state index contributed by atoms with van der Waals surface area (Å²) in [5.41, 5.74) is 26.5. The monoisotopic (exact) mass is 920 g/mol. The van der Waals surface area contributed by atoms with Gasteiger partial charge in [0.1, 0.15) is 23.0 Å². The van der Waals surface area contributed by atoms with Crippen molar-refractivity contribution in [2.75, 3.05) is 19.6 Å². The zero-order valence-electron chi connectivity index (χ0n) is 40.1. The second-order valence-corrected chi connectivity index (χ2v) is 21.9. The molecule has 0 aromatic heterocycles. The Morgan fingerprint density at radius 3 is 1.10 bits per heavy atom. The summed E-state index contributed by atoms with van der Waals surface area (Å²) < 4.78 is 15.1. The highest BCUT2D eigenvalue weighted by Gasteiger charge is 2.56. The lowest BCUT2D eigenvalue weighted by molar-refractivity contribution is 0.485. The fraction of sp³-hybridized carbons (Fsp3) is 0.0938. The Hall–Kier alpha value is -8.61. The Balaban J connectivity index is 0.988. The highest BCUT2D eigenvalue weighted by molar-refractivity contribution is 7.03. The minimum Gasteiger partial charge on any atom is -0.458 e. The average Bonchev–Trinajstić information content (AvgIpc) is 3.41. The van der Waals surface area contributed by atoms with E-state index in [-0.39, 0.29) is 24.3 Å². The third-order valence-corrected chi connectivity index (χ3v) is 17.9. The Bertz CT molecular complexity index is 3960. The van der Waals surface area contributed by atoms with Gasteiger partial charge in [0.25, 0.3) is 13.4 Å². The summed E-state index contributed by atoms with van der Waals surface area (Å²) in [5.74, 6) is 3.63. The lowest BCUT2D eigenvalue weighted by Gasteiger charge is -2.52. The molecule has 0 radical (unpaired) electrons. The zero-order valence-corrected chi connectivity index (χ0v) is 40.1. The van der Waals surface area contributed by atoms with Gasteiger partial charge in [-0.25, -0.2) is 0 Å². The second kappa shape index (κ2) is 12.5. The van der Waals surface area contributed by atoms with Crippen molar-refractivity contribution >= 4 is 125 Å². The van der Waals surface area contributed by atoms with E-state index in [0.717, 1.165) is 56.5 Å². The maximum atomic E-state index is 7.55. The van der Waals surface area contributed by atoms with Crippen LogP contribution in [0.5, 0.6) is 23.0 Å². The molecule has 0 unspecified atom stereocenters. The van der Waals surface area contributed by atoms with Crippen LogP contribution in [-0.4, -0.2) is 13.4 Å². The first-order chi connectivity index (χ1) is 35.3. The minimum atomic E-state index is -0.231. The molecule has 8 heterocycles. The van der Waals surface area contributed by atoms with Crippen LogP contribution in [0.3, 0.4) is 0 Å². The maximum absolute atomic E-state index is 7.55. The molecule has 0 N–H and O–H groups in total. The average molecular weight is 921 g/mol. The molecule has 72 heavy (non-hydrogen) atoms. The molecule has 10 aromatic rings. The molecule has 0 aliphatic carbocycles. The molecule has 0 atom stereocenters. The molecule has 0 spiro atoms. The molecule has 6 nitrogen and oxygen atoms in total. The van der Waals surface area contributed by atoms with Crippen LogP contribution in [0.25, 0.3) is 10.8 Å². The summed E-state index contributed by atoms with van der Waals surface area (Å²) in [4.78, 5) is 10.2. The maximum Gasteiger partial charge on any atom is 0.261 e. The SMILES string of the molecule is CC1(C)c2ccccc2N2c3cccc4c3B3c5c(ccc1c52)Oc1cc2c5c6c(cc2c(c13)N4c1ccccc1)Oc1ccc2c3c1B6c1c(cccc1N5c1ccccc1)N3c1ccccc1C2(C)C. The van der Waals surface area contributed by atoms with Gasteiger partial charge in [0, 0.05) is 67.1 Å². The summed E-state index contributed by atoms with van der Waals surface area (Å²) in [6.07, 6.45) is 0. The van der Waals surface area contributed by atoms with E-state index in [1.807, 2.05) is 0 Å². The van der Waals surface area contributed by atoms with Gasteiger partial charge in [0.15, 0.2) is 0 Å². The highest BCUT2D eigenvalue weighted by atomic mass is 16.5. The van der Waals surface area contributed by atoms with Crippen molar-refractivity contribution in [2.45, 2.75) is 38.5 Å². The fourth-order valence-corrected chi connectivity index (χ4v) is 15.0. The fourth-order valence-electron chi connectivity index (χ4n) is 15.0. The van der Waals surface area contributed by atoms with E-state index in [1.54, 1.807) is 0 Å². The molecule has 0 saturated heterocycles. The van der Waals surface area contributed by atoms with Gasteiger partial charge in [-0.05, 0) is 140 Å². The van der Waals surface area contributed by atoms with Crippen LogP contribution in [0.1, 0.15) is 49.9 Å². The summed E-state index contributed by atoms with van der Waals surface area (Å²) in [6, 6.07) is 67.8. The van der Waals surface area contributed by atoms with Crippen LogP contribution >= 0.6 is 0 Å². The third-order valence-electron chi connectivity index (χ3n) is 17.9. The molecule has 10 aromatic carbocycles. The number of hydrogen-bond donors (Lipinski definition) is 0. The molecule has 8 aliphatic rings. The van der Waals surface area contributed by atoms with Crippen LogP contribution in [-0.2, 0) is 10.8 Å². The van der Waals surface area contributed by atoms with Crippen molar-refractivity contribution in [1.29, 1.82) is 0 Å². The first-order valence-corrected chi connectivity index (χ1v) is 25.4. The molecule has 8 aliphatic heterocycles. The molecular formula is C64H42B2N4O2. The third kappa shape index (κ3) is 4.18. The van der Waals surface area contributed by atoms with Gasteiger partial charge in [0.05, 0.1) is 22.7 Å². The Morgan fingerprint density at radius 1 is 0.306 bits per heavy atom. The van der Waals surface area contributed by atoms with E-state index in [0.29, 0.717) is 0 Å². The zero-order chi connectivity index (χ0) is 47.3. The Kier molecular flexibility index (Phi) is 6.61. The van der Waals surface area contributed by atoms with E-state index in [1.165, 1.54) is 101 Å². The van der Waals surface area contributed by atoms with Gasteiger partial charge in [-0.3, -0.25) is 0 Å². The molecule has 0 amide bonds. The summed E-state index contributed by atoms with van der Waals surface area (Å²) in [6.45, 7) is 9.38. The van der Waals surface area contributed by atoms with Gasteiger partial charge < -0.3 is 29.1 Å². The Morgan fingerprint density at radius 2 is 0.667 bits per heavy atom. The lowest BCUT2D eigenvalue weighted by Crippen LogP contribution is -2.64. The first kappa shape index (κ1) is 38.2. The van der Waals surface area contributed by atoms with Crippen LogP contribution in [0.15, 0.2) is 182 Å². The van der Waals surface area contributed by atoms with Gasteiger partial charge in [0.2, 0.25) is 0 Å². The lowest BCUT2D eigenvalue weighted by atomic mass is 9.31. The van der Waals surface area contributed by atoms with Gasteiger partial charge in [-0.15, -0.1) is 0 Å². The molecule has 0 saturated carbocycles. The topological polar surface area (TPSA) is 31.4 Å². The molecular weight excluding hydrogens is 878 g/mol. The van der Waals surface area contributed by atoms with Crippen LogP contribution in [0, 0.1) is 0 Å². The number of ether oxygens (including phenoxy) is 2. The predicted octanol–water partition coefficient (Wildman–Crippen LogP) is 12.5. The highest BCUT2D eigenvalue weighted by Crippen LogP contribution is 2.60. The number of benzene rings is 10. The summed E-state index contributed by atoms with van der Waals surface area (Å²) in [5, 5.41) is 2.25. The Labute approximate surface area is 418 Å². The molecule has 18 rings (SSSR count). The van der Waals surface area contributed by atoms with Crippen molar-refractivity contribution in [3.8, 4) is 23.0 Å². The summed E-state index contributed by atoms with van der Waals surface area (Å²) >= 11 is 0. The van der Waals surface area contributed by atoms with Crippen LogP contribution in [0.2, 0.25) is 0 Å². The van der Waals surface area contributed by atoms with E-state index >= 15 is 0 Å². The van der Waals surface area contributed by atoms with E-state index < -0.39 is 0 Å². The van der Waals surface area contributed by atoms with Crippen molar-refractivity contribution in [3.05, 3.63) is 204 Å². The molecule has 336 valence electrons. The van der Waals surface area contributed by atoms with Crippen molar-refractivity contribution < 1.29 is 9.47 Å². The second-order valence-electron chi connectivity index (χ2n) is 21.9. The van der Waals surface area contributed by atoms with E-state index in [4.69, 9.17) is 9.47 Å². The number of rotatable bonds is 2. The van der Waals surface area contributed by atoms with Crippen LogP contribution in [0.4, 0.5) is 68.2 Å². The largest absolute Gasteiger partial charge is 0.458 e.